The third kappa shape index (κ3) is 7.19. The Morgan fingerprint density at radius 2 is 1.91 bits per heavy atom. The van der Waals surface area contributed by atoms with E-state index in [2.05, 4.69) is 20.3 Å². The number of carbonyl (C=O) groups is 2. The first kappa shape index (κ1) is 37.7. The zero-order valence-corrected chi connectivity index (χ0v) is 30.5. The Labute approximate surface area is 307 Å². The summed E-state index contributed by atoms with van der Waals surface area (Å²) in [4.78, 5) is 64.6. The lowest BCUT2D eigenvalue weighted by Gasteiger charge is -2.54. The second-order valence-electron chi connectivity index (χ2n) is 13.2. The molecule has 1 aromatic carbocycles. The van der Waals surface area contributed by atoms with E-state index in [1.807, 2.05) is 18.7 Å². The number of methoxy groups -OCH3 is 1. The second kappa shape index (κ2) is 14.8. The molecule has 282 valence electrons. The number of anilines is 3. The first-order valence-corrected chi connectivity index (χ1v) is 17.4. The summed E-state index contributed by atoms with van der Waals surface area (Å²) in [5, 5.41) is 12.9. The number of likely N-dealkylation sites (N-methyl/N-ethyl adjacent to an activating group) is 1. The second-order valence-corrected chi connectivity index (χ2v) is 13.6. The van der Waals surface area contributed by atoms with E-state index >= 15 is 0 Å². The van der Waals surface area contributed by atoms with Crippen LogP contribution in [0, 0.1) is 6.92 Å². The minimum atomic E-state index is -4.62. The molecule has 14 nitrogen and oxygen atoms in total. The molecule has 0 unspecified atom stereocenters. The molecule has 1 aliphatic heterocycles. The van der Waals surface area contributed by atoms with Crippen LogP contribution in [0.4, 0.5) is 30.4 Å². The van der Waals surface area contributed by atoms with Crippen LogP contribution in [0.3, 0.4) is 0 Å². The van der Waals surface area contributed by atoms with E-state index in [1.165, 1.54) is 12.5 Å². The summed E-state index contributed by atoms with van der Waals surface area (Å²) < 4.78 is 46.8. The van der Waals surface area contributed by atoms with Crippen LogP contribution >= 0.6 is 11.6 Å². The fourth-order valence-corrected chi connectivity index (χ4v) is 7.17. The van der Waals surface area contributed by atoms with Gasteiger partial charge in [-0.15, -0.1) is 0 Å². The molecule has 0 bridgehead atoms. The topological polar surface area (TPSA) is 159 Å². The van der Waals surface area contributed by atoms with Crippen molar-refractivity contribution in [1.82, 2.24) is 29.4 Å². The number of aromatic nitrogens is 5. The van der Waals surface area contributed by atoms with Crippen LogP contribution < -0.4 is 20.5 Å². The normalized spacial score (nSPS) is 17.7. The van der Waals surface area contributed by atoms with Crippen molar-refractivity contribution in [2.75, 3.05) is 48.9 Å². The molecule has 18 heteroatoms. The number of aryl methyl sites for hydroxylation is 1. The van der Waals surface area contributed by atoms with Crippen molar-refractivity contribution in [2.24, 2.45) is 0 Å². The first-order valence-electron chi connectivity index (χ1n) is 17.1. The Morgan fingerprint density at radius 1 is 1.17 bits per heavy atom. The third-order valence-corrected chi connectivity index (χ3v) is 10.2. The molecule has 0 radical (unpaired) electrons. The highest BCUT2D eigenvalue weighted by molar-refractivity contribution is 6.33. The number of alkyl halides is 3. The van der Waals surface area contributed by atoms with E-state index in [0.29, 0.717) is 43.0 Å². The lowest BCUT2D eigenvalue weighted by Crippen LogP contribution is -2.67. The number of rotatable bonds is 10. The number of ether oxygens (including phenoxy) is 1. The molecular formula is C35H39ClF3N9O5. The Kier molecular flexibility index (Phi) is 10.5. The van der Waals surface area contributed by atoms with Gasteiger partial charge in [-0.25, -0.2) is 19.9 Å². The maximum absolute atomic E-state index is 14.6. The fraction of sp³-hybridized carbons (Fsp3) is 0.457. The van der Waals surface area contributed by atoms with Gasteiger partial charge in [0.1, 0.15) is 24.4 Å². The summed E-state index contributed by atoms with van der Waals surface area (Å²) in [6.07, 6.45) is -0.420. The van der Waals surface area contributed by atoms with Crippen molar-refractivity contribution < 1.29 is 32.6 Å². The summed E-state index contributed by atoms with van der Waals surface area (Å²) in [6, 6.07) is 2.10. The monoisotopic (exact) mass is 757 g/mol. The lowest BCUT2D eigenvalue weighted by atomic mass is 9.81. The summed E-state index contributed by atoms with van der Waals surface area (Å²) in [5.41, 5.74) is -0.193. The number of hydrogen-bond donors (Lipinski definition) is 2. The molecular weight excluding hydrogens is 719 g/mol. The fourth-order valence-electron chi connectivity index (χ4n) is 6.94. The van der Waals surface area contributed by atoms with Gasteiger partial charge in [0.25, 0.3) is 5.91 Å². The maximum Gasteiger partial charge on any atom is 0.416 e. The number of pyridine rings is 1. The predicted molar refractivity (Wildman–Crippen MR) is 192 cm³/mol. The average molecular weight is 758 g/mol. The highest BCUT2D eigenvalue weighted by atomic mass is 35.5. The van der Waals surface area contributed by atoms with Crippen LogP contribution in [0.1, 0.15) is 54.1 Å². The summed E-state index contributed by atoms with van der Waals surface area (Å²) in [6.45, 7) is 5.87. The van der Waals surface area contributed by atoms with Crippen LogP contribution in [0.5, 0.6) is 5.75 Å². The Morgan fingerprint density at radius 3 is 2.55 bits per heavy atom. The van der Waals surface area contributed by atoms with Crippen molar-refractivity contribution in [2.45, 2.75) is 70.9 Å². The number of amides is 2. The summed E-state index contributed by atoms with van der Waals surface area (Å²) in [5.74, 6) is -0.933. The van der Waals surface area contributed by atoms with Gasteiger partial charge in [-0.3, -0.25) is 14.4 Å². The zero-order chi connectivity index (χ0) is 38.4. The number of hydrogen-bond acceptors (Lipinski definition) is 11. The standard InChI is InChI=1S/C35H39ClF3N9O5/c1-6-23-30(46-11-12-47(25-10-9-24(25)46)34(52)29-31(50)19(3)41-17-42-29)32(51)28-33(40-14-26(44-28)45(4)15-18(2)53-5)48(23)16-27(49)43-22-8-7-20(13-21(22)36)35(37,38)39/h7-8,13-14,17-18,24-25,50H,6,9-12,15-16H2,1-5H3,(H,43,49)/t18-,24-,25-/m0/s1. The average Bonchev–Trinajstić information content (AvgIpc) is 3.10. The number of carbonyl (C=O) groups excluding carboxylic acids is 2. The van der Waals surface area contributed by atoms with E-state index in [1.54, 1.807) is 35.4 Å². The lowest BCUT2D eigenvalue weighted by molar-refractivity contribution is -0.137. The molecule has 1 saturated carbocycles. The van der Waals surface area contributed by atoms with Crippen LogP contribution in [0.15, 0.2) is 35.5 Å². The number of aromatic hydroxyl groups is 1. The Hall–Kier alpha value is -5.03. The van der Waals surface area contributed by atoms with E-state index in [0.717, 1.165) is 18.2 Å². The Bertz CT molecular complexity index is 2130. The van der Waals surface area contributed by atoms with Gasteiger partial charge in [-0.2, -0.15) is 13.2 Å². The molecule has 0 spiro atoms. The van der Waals surface area contributed by atoms with Gasteiger partial charge in [-0.1, -0.05) is 18.5 Å². The number of piperazine rings is 1. The van der Waals surface area contributed by atoms with Crippen LogP contribution in [-0.2, 0) is 28.7 Å². The SMILES string of the molecule is CCc1c(N2CCN(C(=O)c3ncnc(C)c3O)[C@H]3CC[C@@H]32)c(=O)c2nc(N(C)C[C@H](C)OC)cnc2n1CC(=O)Nc1ccc(C(F)(F)F)cc1Cl. The maximum atomic E-state index is 14.6. The number of halogens is 4. The van der Waals surface area contributed by atoms with Crippen molar-refractivity contribution in [3.63, 3.8) is 0 Å². The molecule has 2 N–H and O–H groups in total. The predicted octanol–water partition coefficient (Wildman–Crippen LogP) is 4.43. The van der Waals surface area contributed by atoms with E-state index in [-0.39, 0.29) is 76.8 Å². The summed E-state index contributed by atoms with van der Waals surface area (Å²) >= 11 is 6.15. The van der Waals surface area contributed by atoms with Gasteiger partial charge in [0.15, 0.2) is 22.6 Å². The molecule has 53 heavy (non-hydrogen) atoms. The van der Waals surface area contributed by atoms with Gasteiger partial charge in [0.05, 0.1) is 40.3 Å². The van der Waals surface area contributed by atoms with Crippen molar-refractivity contribution >= 4 is 51.8 Å². The highest BCUT2D eigenvalue weighted by Crippen LogP contribution is 2.39. The highest BCUT2D eigenvalue weighted by Gasteiger charge is 2.47. The minimum absolute atomic E-state index is 0.0152. The van der Waals surface area contributed by atoms with Gasteiger partial charge >= 0.3 is 6.18 Å². The van der Waals surface area contributed by atoms with Gasteiger partial charge in [0.2, 0.25) is 11.3 Å². The molecule has 2 aliphatic rings. The number of nitrogens with zero attached hydrogens (tertiary/aromatic N) is 8. The number of benzene rings is 1. The molecule has 1 aliphatic carbocycles. The van der Waals surface area contributed by atoms with Crippen molar-refractivity contribution in [1.29, 1.82) is 0 Å². The molecule has 3 atom stereocenters. The number of nitrogens with one attached hydrogen (secondary N) is 1. The molecule has 2 amide bonds. The van der Waals surface area contributed by atoms with Crippen LogP contribution in [0.25, 0.3) is 11.2 Å². The summed E-state index contributed by atoms with van der Waals surface area (Å²) in [7, 11) is 3.38. The Balaban J connectivity index is 1.40. The number of fused-ring (bicyclic) bond motifs is 2. The van der Waals surface area contributed by atoms with Crippen molar-refractivity contribution in [3.05, 3.63) is 68.6 Å². The van der Waals surface area contributed by atoms with Gasteiger partial charge in [0, 0.05) is 45.5 Å². The smallest absolute Gasteiger partial charge is 0.416 e. The molecule has 4 heterocycles. The molecule has 3 aromatic heterocycles. The van der Waals surface area contributed by atoms with Crippen molar-refractivity contribution in [3.8, 4) is 5.75 Å². The van der Waals surface area contributed by atoms with Gasteiger partial charge < -0.3 is 34.4 Å². The zero-order valence-electron chi connectivity index (χ0n) is 29.7. The largest absolute Gasteiger partial charge is 0.504 e. The quantitative estimate of drug-likeness (QED) is 0.236. The molecule has 2 fully saturated rings. The molecule has 1 saturated heterocycles. The molecule has 6 rings (SSSR count). The van der Waals surface area contributed by atoms with Gasteiger partial charge in [-0.05, 0) is 51.3 Å². The van der Waals surface area contributed by atoms with Crippen LogP contribution in [-0.4, -0.2) is 98.3 Å². The third-order valence-electron chi connectivity index (χ3n) is 9.90. The van der Waals surface area contributed by atoms with E-state index < -0.39 is 29.0 Å². The van der Waals surface area contributed by atoms with E-state index in [9.17, 15) is 32.7 Å². The van der Waals surface area contributed by atoms with E-state index in [4.69, 9.17) is 21.3 Å². The molecule has 4 aromatic rings. The first-order chi connectivity index (χ1) is 25.1. The minimum Gasteiger partial charge on any atom is -0.504 e. The van der Waals surface area contributed by atoms with Crippen LogP contribution in [0.2, 0.25) is 5.02 Å².